The lowest BCUT2D eigenvalue weighted by molar-refractivity contribution is -0.137. The highest BCUT2D eigenvalue weighted by molar-refractivity contribution is 6.02. The molecule has 0 saturated carbocycles. The van der Waals surface area contributed by atoms with Crippen LogP contribution >= 0.6 is 0 Å². The highest BCUT2D eigenvalue weighted by atomic mass is 19.4. The third-order valence-electron chi connectivity index (χ3n) is 5.81. The van der Waals surface area contributed by atoms with Crippen molar-refractivity contribution in [3.63, 3.8) is 0 Å². The number of ether oxygens (including phenoxy) is 1. The van der Waals surface area contributed by atoms with Gasteiger partial charge in [0.15, 0.2) is 12.4 Å². The number of carbonyl (C=O) groups excluding carboxylic acids is 1. The number of carbonyl (C=O) groups is 1. The minimum atomic E-state index is -4.46. The fraction of sp³-hybridized carbons (Fsp3) is 0.320. The molecule has 0 bridgehead atoms. The molecule has 0 unspecified atom stereocenters. The minimum Gasteiger partial charge on any atom is -0.471 e. The van der Waals surface area contributed by atoms with Gasteiger partial charge >= 0.3 is 6.18 Å². The van der Waals surface area contributed by atoms with Gasteiger partial charge in [-0.05, 0) is 49.5 Å². The Kier molecular flexibility index (Phi) is 7.58. The monoisotopic (exact) mass is 500 g/mol. The average molecular weight is 501 g/mol. The Morgan fingerprint density at radius 1 is 1.08 bits per heavy atom. The zero-order chi connectivity index (χ0) is 25.7. The maximum Gasteiger partial charge on any atom is 0.416 e. The van der Waals surface area contributed by atoms with Crippen LogP contribution in [0.25, 0.3) is 11.0 Å². The quantitative estimate of drug-likeness (QED) is 0.336. The summed E-state index contributed by atoms with van der Waals surface area (Å²) in [7, 11) is 0. The molecule has 0 fully saturated rings. The molecule has 0 saturated heterocycles. The molecular formula is C25H27F3N6O2. The summed E-state index contributed by atoms with van der Waals surface area (Å²) in [5.41, 5.74) is 1.02. The first-order chi connectivity index (χ1) is 17.3. The summed E-state index contributed by atoms with van der Waals surface area (Å²) in [5.74, 6) is 0.0172. The number of benzene rings is 2. The van der Waals surface area contributed by atoms with Crippen LogP contribution in [0.1, 0.15) is 29.9 Å². The van der Waals surface area contributed by atoms with Crippen molar-refractivity contribution in [1.82, 2.24) is 24.2 Å². The standard InChI is InChI=1S/C25H27F3N6O2/c1-3-32(4-2)14-15-34-22-11-6-5-10-20(22)29-24(34)30-23(35)21-12-13-33(31-21)17-36-19-9-7-8-18(16-19)25(26,27)28/h5-13,16H,3-4,14-15,17H2,1-2H3,(H,29,30,35). The lowest BCUT2D eigenvalue weighted by Crippen LogP contribution is -2.27. The van der Waals surface area contributed by atoms with Crippen molar-refractivity contribution in [2.75, 3.05) is 25.0 Å². The van der Waals surface area contributed by atoms with E-state index in [0.717, 1.165) is 42.8 Å². The number of anilines is 1. The molecule has 0 aliphatic carbocycles. The molecule has 8 nitrogen and oxygen atoms in total. The lowest BCUT2D eigenvalue weighted by Gasteiger charge is -2.19. The summed E-state index contributed by atoms with van der Waals surface area (Å²) in [4.78, 5) is 19.8. The third-order valence-corrected chi connectivity index (χ3v) is 5.81. The van der Waals surface area contributed by atoms with Crippen LogP contribution in [0.2, 0.25) is 0 Å². The van der Waals surface area contributed by atoms with E-state index in [1.807, 2.05) is 28.8 Å². The summed E-state index contributed by atoms with van der Waals surface area (Å²) in [6, 6.07) is 13.8. The topological polar surface area (TPSA) is 77.2 Å². The zero-order valence-corrected chi connectivity index (χ0v) is 20.0. The molecule has 0 aliphatic rings. The second-order valence-electron chi connectivity index (χ2n) is 8.10. The van der Waals surface area contributed by atoms with Crippen LogP contribution in [-0.2, 0) is 19.5 Å². The highest BCUT2D eigenvalue weighted by Crippen LogP contribution is 2.31. The number of likely N-dealkylation sites (N-methyl/N-ethyl adjacent to an activating group) is 1. The van der Waals surface area contributed by atoms with Crippen molar-refractivity contribution >= 4 is 22.9 Å². The molecule has 1 amide bonds. The fourth-order valence-electron chi connectivity index (χ4n) is 3.80. The molecule has 2 aromatic carbocycles. The van der Waals surface area contributed by atoms with Gasteiger partial charge in [0, 0.05) is 19.3 Å². The van der Waals surface area contributed by atoms with E-state index < -0.39 is 17.6 Å². The van der Waals surface area contributed by atoms with Gasteiger partial charge in [0.25, 0.3) is 5.91 Å². The van der Waals surface area contributed by atoms with Crippen molar-refractivity contribution in [3.05, 3.63) is 72.1 Å². The molecule has 2 aromatic heterocycles. The summed E-state index contributed by atoms with van der Waals surface area (Å²) >= 11 is 0. The number of hydrogen-bond donors (Lipinski definition) is 1. The number of nitrogens with one attached hydrogen (secondary N) is 1. The van der Waals surface area contributed by atoms with Crippen LogP contribution in [0.4, 0.5) is 19.1 Å². The number of aromatic nitrogens is 4. The normalized spacial score (nSPS) is 11.8. The molecule has 0 aliphatic heterocycles. The maximum absolute atomic E-state index is 12.9. The van der Waals surface area contributed by atoms with Gasteiger partial charge in [-0.1, -0.05) is 32.0 Å². The van der Waals surface area contributed by atoms with Crippen LogP contribution in [-0.4, -0.2) is 49.8 Å². The molecule has 2 heterocycles. The number of halogens is 3. The van der Waals surface area contributed by atoms with Crippen molar-refractivity contribution in [2.45, 2.75) is 33.3 Å². The Morgan fingerprint density at radius 2 is 1.86 bits per heavy atom. The van der Waals surface area contributed by atoms with Crippen LogP contribution in [0.5, 0.6) is 5.75 Å². The van der Waals surface area contributed by atoms with E-state index in [1.165, 1.54) is 29.1 Å². The number of amides is 1. The molecular weight excluding hydrogens is 473 g/mol. The van der Waals surface area contributed by atoms with Gasteiger partial charge in [-0.2, -0.15) is 18.3 Å². The molecule has 4 aromatic rings. The van der Waals surface area contributed by atoms with Crippen LogP contribution in [0.3, 0.4) is 0 Å². The Labute approximate surface area is 206 Å². The second-order valence-corrected chi connectivity index (χ2v) is 8.10. The molecule has 0 atom stereocenters. The number of nitrogens with zero attached hydrogens (tertiary/aromatic N) is 5. The molecule has 190 valence electrons. The van der Waals surface area contributed by atoms with E-state index >= 15 is 0 Å². The number of rotatable bonds is 10. The Hall–Kier alpha value is -3.86. The number of hydrogen-bond acceptors (Lipinski definition) is 5. The van der Waals surface area contributed by atoms with E-state index in [9.17, 15) is 18.0 Å². The van der Waals surface area contributed by atoms with E-state index in [4.69, 9.17) is 4.74 Å². The van der Waals surface area contributed by atoms with E-state index in [-0.39, 0.29) is 18.2 Å². The number of fused-ring (bicyclic) bond motifs is 1. The number of alkyl halides is 3. The van der Waals surface area contributed by atoms with Gasteiger partial charge in [0.2, 0.25) is 5.95 Å². The van der Waals surface area contributed by atoms with Crippen molar-refractivity contribution in [2.24, 2.45) is 0 Å². The smallest absolute Gasteiger partial charge is 0.416 e. The number of imidazole rings is 1. The third kappa shape index (κ3) is 5.85. The van der Waals surface area contributed by atoms with Gasteiger partial charge < -0.3 is 14.2 Å². The Bertz CT molecular complexity index is 1330. The molecule has 11 heteroatoms. The number of para-hydroxylation sites is 2. The van der Waals surface area contributed by atoms with Crippen LogP contribution in [0.15, 0.2) is 60.8 Å². The largest absolute Gasteiger partial charge is 0.471 e. The molecule has 4 rings (SSSR count). The van der Waals surface area contributed by atoms with Crippen molar-refractivity contribution in [1.29, 1.82) is 0 Å². The Morgan fingerprint density at radius 3 is 2.61 bits per heavy atom. The molecule has 0 radical (unpaired) electrons. The van der Waals surface area contributed by atoms with Gasteiger partial charge in [0.1, 0.15) is 5.75 Å². The first-order valence-corrected chi connectivity index (χ1v) is 11.6. The molecule has 1 N–H and O–H groups in total. The SMILES string of the molecule is CCN(CC)CCn1c(NC(=O)c2ccn(COc3cccc(C(F)(F)F)c3)n2)nc2ccccc21. The summed E-state index contributed by atoms with van der Waals surface area (Å²) < 4.78 is 47.4. The zero-order valence-electron chi connectivity index (χ0n) is 20.0. The van der Waals surface area contributed by atoms with Gasteiger partial charge in [0.05, 0.1) is 16.6 Å². The van der Waals surface area contributed by atoms with E-state index in [1.54, 1.807) is 0 Å². The fourth-order valence-corrected chi connectivity index (χ4v) is 3.80. The van der Waals surface area contributed by atoms with Gasteiger partial charge in [-0.25, -0.2) is 9.67 Å². The Balaban J connectivity index is 1.45. The highest BCUT2D eigenvalue weighted by Gasteiger charge is 2.30. The minimum absolute atomic E-state index is 0.0493. The predicted octanol–water partition coefficient (Wildman–Crippen LogP) is 4.88. The second kappa shape index (κ2) is 10.8. The molecule has 36 heavy (non-hydrogen) atoms. The van der Waals surface area contributed by atoms with E-state index in [2.05, 4.69) is 34.1 Å². The lowest BCUT2D eigenvalue weighted by atomic mass is 10.2. The van der Waals surface area contributed by atoms with Crippen LogP contribution < -0.4 is 10.1 Å². The summed E-state index contributed by atoms with van der Waals surface area (Å²) in [5, 5.41) is 7.03. The average Bonchev–Trinajstić information content (AvgIpc) is 3.48. The van der Waals surface area contributed by atoms with Gasteiger partial charge in [-0.15, -0.1) is 0 Å². The molecule has 0 spiro atoms. The first-order valence-electron chi connectivity index (χ1n) is 11.6. The van der Waals surface area contributed by atoms with Crippen LogP contribution in [0, 0.1) is 0 Å². The first kappa shape index (κ1) is 25.2. The maximum atomic E-state index is 12.9. The van der Waals surface area contributed by atoms with Crippen molar-refractivity contribution < 1.29 is 22.7 Å². The summed E-state index contributed by atoms with van der Waals surface area (Å²) in [6.45, 7) is 7.35. The van der Waals surface area contributed by atoms with E-state index in [0.29, 0.717) is 12.5 Å². The van der Waals surface area contributed by atoms with Crippen molar-refractivity contribution in [3.8, 4) is 5.75 Å². The summed E-state index contributed by atoms with van der Waals surface area (Å²) in [6.07, 6.45) is -2.94. The predicted molar refractivity (Wildman–Crippen MR) is 130 cm³/mol. The van der Waals surface area contributed by atoms with Gasteiger partial charge in [-0.3, -0.25) is 10.1 Å².